The van der Waals surface area contributed by atoms with Crippen LogP contribution in [0, 0.1) is 12.8 Å². The molecule has 2 aliphatic rings. The van der Waals surface area contributed by atoms with Crippen molar-refractivity contribution >= 4 is 22.3 Å². The van der Waals surface area contributed by atoms with Crippen LogP contribution in [0.25, 0.3) is 0 Å². The van der Waals surface area contributed by atoms with Crippen LogP contribution in [0.4, 0.5) is 10.9 Å². The maximum Gasteiger partial charge on any atom is 0.188 e. The average molecular weight is 388 g/mol. The van der Waals surface area contributed by atoms with Crippen LogP contribution in [0.2, 0.25) is 0 Å². The molecule has 0 radical (unpaired) electrons. The number of rotatable bonds is 6. The summed E-state index contributed by atoms with van der Waals surface area (Å²) in [5.41, 5.74) is 2.51. The molecule has 0 aliphatic carbocycles. The number of nitrogens with zero attached hydrogens (tertiary/aromatic N) is 3. The Kier molecular flexibility index (Phi) is 6.34. The second kappa shape index (κ2) is 9.10. The Hall–Kier alpha value is -1.54. The topological polar surface area (TPSA) is 62.3 Å². The van der Waals surface area contributed by atoms with E-state index in [4.69, 9.17) is 9.72 Å². The van der Waals surface area contributed by atoms with Crippen LogP contribution in [-0.4, -0.2) is 54.3 Å². The highest BCUT2D eigenvalue weighted by Gasteiger charge is 2.17. The quantitative estimate of drug-likeness (QED) is 0.795. The summed E-state index contributed by atoms with van der Waals surface area (Å²) in [6.45, 7) is 8.93. The number of hydrogen-bond donors (Lipinski definition) is 2. The zero-order valence-corrected chi connectivity index (χ0v) is 16.9. The first-order chi connectivity index (χ1) is 13.2. The molecule has 2 N–H and O–H groups in total. The molecule has 0 saturated carbocycles. The van der Waals surface area contributed by atoms with Crippen LogP contribution in [0.5, 0.6) is 0 Å². The molecule has 2 fully saturated rings. The number of piperidine rings is 1. The fraction of sp³-hybridized carbons (Fsp3) is 0.600. The summed E-state index contributed by atoms with van der Waals surface area (Å²) in [6, 6.07) is 4.47. The van der Waals surface area contributed by atoms with Crippen molar-refractivity contribution in [3.05, 3.63) is 34.5 Å². The minimum Gasteiger partial charge on any atom is -0.379 e. The standard InChI is InChI=1S/C20H29N5OS/c1-15-12-22-20(27-15)24-19-11-17(14-25-5-7-26-8-6-25)10-18(23-19)9-16-3-2-4-21-13-16/h10-12,16,21H,2-9,13-14H2,1H3,(H,22,23,24)/t16-/m0/s1. The van der Waals surface area contributed by atoms with Gasteiger partial charge < -0.3 is 15.4 Å². The highest BCUT2D eigenvalue weighted by Crippen LogP contribution is 2.24. The number of aryl methyl sites for hydroxylation is 1. The summed E-state index contributed by atoms with van der Waals surface area (Å²) in [4.78, 5) is 13.0. The maximum atomic E-state index is 5.49. The highest BCUT2D eigenvalue weighted by molar-refractivity contribution is 7.15. The number of hydrogen-bond acceptors (Lipinski definition) is 7. The molecule has 0 spiro atoms. The van der Waals surface area contributed by atoms with E-state index in [0.717, 1.165) is 63.3 Å². The minimum absolute atomic E-state index is 0.680. The molecule has 4 heterocycles. The van der Waals surface area contributed by atoms with Crippen molar-refractivity contribution in [2.24, 2.45) is 5.92 Å². The van der Waals surface area contributed by atoms with E-state index < -0.39 is 0 Å². The van der Waals surface area contributed by atoms with Crippen molar-refractivity contribution in [2.45, 2.75) is 32.7 Å². The number of ether oxygens (including phenoxy) is 1. The molecule has 2 aliphatic heterocycles. The molecule has 1 atom stereocenters. The fourth-order valence-electron chi connectivity index (χ4n) is 3.84. The van der Waals surface area contributed by atoms with Crippen molar-refractivity contribution in [3.63, 3.8) is 0 Å². The van der Waals surface area contributed by atoms with Crippen molar-refractivity contribution in [1.29, 1.82) is 0 Å². The van der Waals surface area contributed by atoms with Gasteiger partial charge in [-0.3, -0.25) is 4.90 Å². The Morgan fingerprint density at radius 2 is 2.22 bits per heavy atom. The maximum absolute atomic E-state index is 5.49. The third-order valence-electron chi connectivity index (χ3n) is 5.20. The highest BCUT2D eigenvalue weighted by atomic mass is 32.1. The van der Waals surface area contributed by atoms with Crippen LogP contribution < -0.4 is 10.6 Å². The van der Waals surface area contributed by atoms with Gasteiger partial charge in [-0.15, -0.1) is 11.3 Å². The van der Waals surface area contributed by atoms with Crippen molar-refractivity contribution < 1.29 is 4.74 Å². The van der Waals surface area contributed by atoms with Gasteiger partial charge in [0.15, 0.2) is 5.13 Å². The van der Waals surface area contributed by atoms with E-state index in [-0.39, 0.29) is 0 Å². The van der Waals surface area contributed by atoms with Gasteiger partial charge in [0, 0.05) is 36.4 Å². The largest absolute Gasteiger partial charge is 0.379 e. The van der Waals surface area contributed by atoms with Gasteiger partial charge in [-0.05, 0) is 62.9 Å². The monoisotopic (exact) mass is 387 g/mol. The molecule has 2 aromatic rings. The molecule has 0 amide bonds. The SMILES string of the molecule is Cc1cnc(Nc2cc(CN3CCOCC3)cc(C[C@@H]3CCCNC3)n2)s1. The van der Waals surface area contributed by atoms with Crippen molar-refractivity contribution in [1.82, 2.24) is 20.2 Å². The summed E-state index contributed by atoms with van der Waals surface area (Å²) in [5.74, 6) is 1.59. The Balaban J connectivity index is 1.52. The zero-order chi connectivity index (χ0) is 18.5. The van der Waals surface area contributed by atoms with Gasteiger partial charge in [-0.1, -0.05) is 0 Å². The molecule has 4 rings (SSSR count). The molecule has 146 valence electrons. The first kappa shape index (κ1) is 18.8. The van der Waals surface area contributed by atoms with Gasteiger partial charge in [-0.2, -0.15) is 0 Å². The molecular formula is C20H29N5OS. The predicted molar refractivity (Wildman–Crippen MR) is 110 cm³/mol. The molecule has 0 aromatic carbocycles. The van der Waals surface area contributed by atoms with Gasteiger partial charge in [0.25, 0.3) is 0 Å². The minimum atomic E-state index is 0.680. The summed E-state index contributed by atoms with van der Waals surface area (Å²) in [5, 5.41) is 7.85. The normalized spacial score (nSPS) is 21.3. The lowest BCUT2D eigenvalue weighted by molar-refractivity contribution is 0.0342. The summed E-state index contributed by atoms with van der Waals surface area (Å²) in [7, 11) is 0. The molecule has 7 heteroatoms. The summed E-state index contributed by atoms with van der Waals surface area (Å²) in [6.07, 6.45) is 5.49. The smallest absolute Gasteiger partial charge is 0.188 e. The Bertz CT molecular complexity index is 699. The second-order valence-corrected chi connectivity index (χ2v) is 8.79. The molecule has 0 bridgehead atoms. The molecule has 2 aromatic heterocycles. The molecule has 6 nitrogen and oxygen atoms in total. The van der Waals surface area contributed by atoms with Gasteiger partial charge in [0.05, 0.1) is 13.2 Å². The number of nitrogens with one attached hydrogen (secondary N) is 2. The van der Waals surface area contributed by atoms with Crippen LogP contribution in [0.3, 0.4) is 0 Å². The Morgan fingerprint density at radius 3 is 2.96 bits per heavy atom. The third-order valence-corrected chi connectivity index (χ3v) is 6.03. The predicted octanol–water partition coefficient (Wildman–Crippen LogP) is 2.96. The zero-order valence-electron chi connectivity index (χ0n) is 16.0. The van der Waals surface area contributed by atoms with E-state index in [9.17, 15) is 0 Å². The number of morpholine rings is 1. The summed E-state index contributed by atoms with van der Waals surface area (Å²) < 4.78 is 5.49. The molecule has 27 heavy (non-hydrogen) atoms. The van der Waals surface area contributed by atoms with E-state index in [1.807, 2.05) is 6.20 Å². The average Bonchev–Trinajstić information content (AvgIpc) is 3.08. The van der Waals surface area contributed by atoms with E-state index in [0.29, 0.717) is 5.92 Å². The van der Waals surface area contributed by atoms with Crippen molar-refractivity contribution in [3.8, 4) is 0 Å². The summed E-state index contributed by atoms with van der Waals surface area (Å²) >= 11 is 1.67. The first-order valence-corrected chi connectivity index (χ1v) is 10.8. The van der Waals surface area contributed by atoms with E-state index >= 15 is 0 Å². The molecule has 0 unspecified atom stereocenters. The van der Waals surface area contributed by atoms with Crippen LogP contribution in [0.15, 0.2) is 18.3 Å². The van der Waals surface area contributed by atoms with E-state index in [2.05, 4.69) is 39.6 Å². The lowest BCUT2D eigenvalue weighted by atomic mass is 9.94. The van der Waals surface area contributed by atoms with E-state index in [1.165, 1.54) is 29.0 Å². The van der Waals surface area contributed by atoms with Crippen molar-refractivity contribution in [2.75, 3.05) is 44.7 Å². The van der Waals surface area contributed by atoms with E-state index in [1.54, 1.807) is 11.3 Å². The van der Waals surface area contributed by atoms with Gasteiger partial charge in [-0.25, -0.2) is 9.97 Å². The Morgan fingerprint density at radius 1 is 1.33 bits per heavy atom. The second-order valence-electron chi connectivity index (χ2n) is 7.56. The number of anilines is 2. The lowest BCUT2D eigenvalue weighted by Crippen LogP contribution is -2.35. The lowest BCUT2D eigenvalue weighted by Gasteiger charge is -2.27. The first-order valence-electron chi connectivity index (χ1n) is 9.95. The number of aromatic nitrogens is 2. The van der Waals surface area contributed by atoms with Crippen LogP contribution in [0.1, 0.15) is 29.0 Å². The number of pyridine rings is 1. The van der Waals surface area contributed by atoms with Gasteiger partial charge in [0.2, 0.25) is 0 Å². The van der Waals surface area contributed by atoms with Gasteiger partial charge >= 0.3 is 0 Å². The molecular weight excluding hydrogens is 358 g/mol. The number of thiazole rings is 1. The third kappa shape index (κ3) is 5.48. The van der Waals surface area contributed by atoms with Crippen LogP contribution >= 0.6 is 11.3 Å². The van der Waals surface area contributed by atoms with Gasteiger partial charge in [0.1, 0.15) is 5.82 Å². The van der Waals surface area contributed by atoms with Crippen LogP contribution in [-0.2, 0) is 17.7 Å². The Labute approximate surface area is 165 Å². The molecule has 2 saturated heterocycles. The fourth-order valence-corrected chi connectivity index (χ4v) is 4.52.